The van der Waals surface area contributed by atoms with Crippen LogP contribution < -0.4 is 5.32 Å². The third-order valence-electron chi connectivity index (χ3n) is 9.07. The highest BCUT2D eigenvalue weighted by atomic mass is 16.2. The Morgan fingerprint density at radius 1 is 1.12 bits per heavy atom. The van der Waals surface area contributed by atoms with Gasteiger partial charge < -0.3 is 15.1 Å². The summed E-state index contributed by atoms with van der Waals surface area (Å²) in [5.74, 6) is 1.60. The maximum Gasteiger partial charge on any atom is 0.291 e. The number of hydrogen-bond acceptors (Lipinski definition) is 7. The summed E-state index contributed by atoms with van der Waals surface area (Å²) < 4.78 is 0. The number of aromatic amines is 1. The minimum atomic E-state index is -0.494. The van der Waals surface area contributed by atoms with Crippen LogP contribution in [0.3, 0.4) is 0 Å². The summed E-state index contributed by atoms with van der Waals surface area (Å²) in [6, 6.07) is 7.61. The highest BCUT2D eigenvalue weighted by molar-refractivity contribution is 6.39. The van der Waals surface area contributed by atoms with Crippen LogP contribution in [0.4, 0.5) is 0 Å². The third-order valence-corrected chi connectivity index (χ3v) is 9.07. The molecule has 1 aliphatic carbocycles. The highest BCUT2D eigenvalue weighted by Gasteiger charge is 2.53. The van der Waals surface area contributed by atoms with Crippen LogP contribution in [0.1, 0.15) is 113 Å². The van der Waals surface area contributed by atoms with Crippen molar-refractivity contribution in [2.24, 2.45) is 16.3 Å². The zero-order valence-electron chi connectivity index (χ0n) is 24.4. The number of aromatic nitrogens is 4. The van der Waals surface area contributed by atoms with Crippen molar-refractivity contribution in [3.05, 3.63) is 41.2 Å². The lowest BCUT2D eigenvalue weighted by atomic mass is 9.69. The maximum absolute atomic E-state index is 14.3. The smallest absolute Gasteiger partial charge is 0.291 e. The van der Waals surface area contributed by atoms with E-state index >= 15 is 0 Å². The molecular weight excluding hydrogens is 504 g/mol. The first-order valence-electron chi connectivity index (χ1n) is 15.0. The molecule has 1 aromatic carbocycles. The molecule has 1 aromatic heterocycles. The summed E-state index contributed by atoms with van der Waals surface area (Å²) in [6.07, 6.45) is 9.17. The van der Waals surface area contributed by atoms with Gasteiger partial charge in [0, 0.05) is 18.7 Å². The van der Waals surface area contributed by atoms with E-state index in [1.807, 2.05) is 24.3 Å². The van der Waals surface area contributed by atoms with Crippen LogP contribution in [-0.4, -0.2) is 66.8 Å². The number of carbonyl (C=O) groups is 2. The van der Waals surface area contributed by atoms with Gasteiger partial charge in [0.05, 0.1) is 12.6 Å². The Morgan fingerprint density at radius 3 is 2.42 bits per heavy atom. The number of carbonyl (C=O) groups excluding carboxylic acids is 2. The normalized spacial score (nSPS) is 24.4. The van der Waals surface area contributed by atoms with E-state index in [0.29, 0.717) is 23.1 Å². The SMILES string of the molecule is CCC[C@H](c1ccc(C(=O)NCc2nn[nH]n2)cc1)N1C(=O)C(N2CCCCC2)=NC12CCC(C(C)(C)C)CC2. The minimum absolute atomic E-state index is 0.0801. The number of likely N-dealkylation sites (tertiary alicyclic amines) is 1. The molecule has 2 N–H and O–H groups in total. The van der Waals surface area contributed by atoms with Crippen molar-refractivity contribution in [2.45, 2.75) is 104 Å². The number of amides is 2. The summed E-state index contributed by atoms with van der Waals surface area (Å²) in [7, 11) is 0. The largest absolute Gasteiger partial charge is 0.352 e. The number of aliphatic imine (C=N–C) groups is 1. The number of rotatable bonds is 7. The summed E-state index contributed by atoms with van der Waals surface area (Å²) in [5.41, 5.74) is 1.36. The molecule has 2 amide bonds. The van der Waals surface area contributed by atoms with Gasteiger partial charge in [-0.25, -0.2) is 4.99 Å². The first-order chi connectivity index (χ1) is 19.2. The summed E-state index contributed by atoms with van der Waals surface area (Å²) in [4.78, 5) is 36.8. The van der Waals surface area contributed by atoms with Gasteiger partial charge in [0.2, 0.25) is 0 Å². The quantitative estimate of drug-likeness (QED) is 0.521. The summed E-state index contributed by atoms with van der Waals surface area (Å²) >= 11 is 0. The molecule has 1 spiro atoms. The number of tetrazole rings is 1. The standard InChI is InChI=1S/C30H44N8O2/c1-5-9-24(21-10-12-22(13-11-21)27(39)31-20-25-33-35-36-34-25)38-28(40)26(37-18-7-6-8-19-37)32-30(38)16-14-23(15-17-30)29(2,3)4/h10-13,23-24H,5-9,14-20H2,1-4H3,(H,31,39)(H,33,34,35,36)/t23?,24-,30?/m1/s1. The van der Waals surface area contributed by atoms with E-state index in [2.05, 4.69) is 63.4 Å². The van der Waals surface area contributed by atoms with E-state index in [1.54, 1.807) is 0 Å². The van der Waals surface area contributed by atoms with E-state index in [-0.39, 0.29) is 29.8 Å². The van der Waals surface area contributed by atoms with Crippen LogP contribution >= 0.6 is 0 Å². The number of nitrogens with zero attached hydrogens (tertiary/aromatic N) is 6. The molecule has 216 valence electrons. The molecule has 2 fully saturated rings. The zero-order valence-corrected chi connectivity index (χ0v) is 24.4. The van der Waals surface area contributed by atoms with Gasteiger partial charge in [-0.05, 0) is 80.4 Å². The van der Waals surface area contributed by atoms with Gasteiger partial charge in [-0.3, -0.25) is 9.59 Å². The molecule has 0 radical (unpaired) electrons. The van der Waals surface area contributed by atoms with Crippen molar-refractivity contribution in [3.8, 4) is 0 Å². The Hall–Kier alpha value is -3.30. The molecule has 1 saturated heterocycles. The van der Waals surface area contributed by atoms with Gasteiger partial charge in [0.1, 0.15) is 5.66 Å². The second kappa shape index (κ2) is 11.7. The van der Waals surface area contributed by atoms with Crippen molar-refractivity contribution in [1.29, 1.82) is 0 Å². The van der Waals surface area contributed by atoms with Gasteiger partial charge in [-0.1, -0.05) is 51.5 Å². The highest BCUT2D eigenvalue weighted by Crippen LogP contribution is 2.49. The van der Waals surface area contributed by atoms with Crippen molar-refractivity contribution in [1.82, 2.24) is 35.7 Å². The number of amidine groups is 1. The average Bonchev–Trinajstić information content (AvgIpc) is 3.57. The lowest BCUT2D eigenvalue weighted by molar-refractivity contribution is -0.134. The molecule has 40 heavy (non-hydrogen) atoms. The molecule has 0 bridgehead atoms. The molecular formula is C30H44N8O2. The number of nitrogens with one attached hydrogen (secondary N) is 2. The van der Waals surface area contributed by atoms with Gasteiger partial charge in [-0.15, -0.1) is 10.2 Å². The Bertz CT molecular complexity index is 1190. The van der Waals surface area contributed by atoms with Crippen molar-refractivity contribution in [2.75, 3.05) is 13.1 Å². The molecule has 1 saturated carbocycles. The molecule has 1 atom stereocenters. The fourth-order valence-electron chi connectivity index (χ4n) is 6.73. The van der Waals surface area contributed by atoms with Gasteiger partial charge in [-0.2, -0.15) is 5.21 Å². The number of hydrogen-bond donors (Lipinski definition) is 2. The first kappa shape index (κ1) is 28.2. The second-order valence-electron chi connectivity index (χ2n) is 12.7. The van der Waals surface area contributed by atoms with Gasteiger partial charge in [0.15, 0.2) is 11.7 Å². The van der Waals surface area contributed by atoms with Crippen LogP contribution in [0.15, 0.2) is 29.3 Å². The maximum atomic E-state index is 14.3. The molecule has 10 heteroatoms. The lowest BCUT2D eigenvalue weighted by Crippen LogP contribution is -2.52. The van der Waals surface area contributed by atoms with Crippen LogP contribution in [0, 0.1) is 11.3 Å². The summed E-state index contributed by atoms with van der Waals surface area (Å²) in [5, 5.41) is 16.5. The summed E-state index contributed by atoms with van der Waals surface area (Å²) in [6.45, 7) is 11.2. The number of H-pyrrole nitrogens is 1. The van der Waals surface area contributed by atoms with Crippen LogP contribution in [0.25, 0.3) is 0 Å². The second-order valence-corrected chi connectivity index (χ2v) is 12.7. The van der Waals surface area contributed by atoms with Crippen LogP contribution in [0.2, 0.25) is 0 Å². The van der Waals surface area contributed by atoms with E-state index in [4.69, 9.17) is 4.99 Å². The first-order valence-corrected chi connectivity index (χ1v) is 15.0. The third kappa shape index (κ3) is 5.76. The molecule has 2 aliphatic heterocycles. The van der Waals surface area contributed by atoms with Crippen molar-refractivity contribution in [3.63, 3.8) is 0 Å². The lowest BCUT2D eigenvalue weighted by Gasteiger charge is -2.47. The van der Waals surface area contributed by atoms with Crippen molar-refractivity contribution < 1.29 is 9.59 Å². The van der Waals surface area contributed by atoms with E-state index in [9.17, 15) is 9.59 Å². The molecule has 3 heterocycles. The molecule has 10 nitrogen and oxygen atoms in total. The van der Waals surface area contributed by atoms with Crippen LogP contribution in [-0.2, 0) is 11.3 Å². The molecule has 0 unspecified atom stereocenters. The average molecular weight is 549 g/mol. The zero-order chi connectivity index (χ0) is 28.3. The Labute approximate surface area is 237 Å². The Kier molecular flexibility index (Phi) is 8.24. The van der Waals surface area contributed by atoms with E-state index in [1.165, 1.54) is 6.42 Å². The number of piperidine rings is 1. The topological polar surface area (TPSA) is 119 Å². The van der Waals surface area contributed by atoms with E-state index < -0.39 is 5.66 Å². The van der Waals surface area contributed by atoms with Crippen LogP contribution in [0.5, 0.6) is 0 Å². The Morgan fingerprint density at radius 2 is 1.82 bits per heavy atom. The van der Waals surface area contributed by atoms with Crippen molar-refractivity contribution >= 4 is 17.6 Å². The molecule has 2 aromatic rings. The predicted octanol–water partition coefficient (Wildman–Crippen LogP) is 4.63. The fraction of sp³-hybridized carbons (Fsp3) is 0.667. The predicted molar refractivity (Wildman–Crippen MR) is 153 cm³/mol. The minimum Gasteiger partial charge on any atom is -0.352 e. The molecule has 5 rings (SSSR count). The van der Waals surface area contributed by atoms with Gasteiger partial charge in [0.25, 0.3) is 11.8 Å². The number of benzene rings is 1. The van der Waals surface area contributed by atoms with Gasteiger partial charge >= 0.3 is 0 Å². The van der Waals surface area contributed by atoms with E-state index in [0.717, 1.165) is 70.0 Å². The monoisotopic (exact) mass is 548 g/mol. The molecule has 3 aliphatic rings. The fourth-order valence-corrected chi connectivity index (χ4v) is 6.73. The Balaban J connectivity index is 1.41.